The molecule has 0 fully saturated rings. The van der Waals surface area contributed by atoms with Crippen molar-refractivity contribution < 1.29 is 72.9 Å². The summed E-state index contributed by atoms with van der Waals surface area (Å²) in [6.07, 6.45) is 0. The molecule has 0 aliphatic carbocycles. The van der Waals surface area contributed by atoms with Crippen LogP contribution < -0.4 is 51.4 Å². The van der Waals surface area contributed by atoms with E-state index in [1.807, 2.05) is 0 Å². The SMILES string of the molecule is [H-].[Ir].[K+].[N-]=O.[N-]=O.[N-]=O.[N-]=O.[N-]=O.[N-]=O. The van der Waals surface area contributed by atoms with Crippen LogP contribution in [-0.4, -0.2) is 0 Å². The van der Waals surface area contributed by atoms with Crippen molar-refractivity contribution in [3.8, 4) is 0 Å². The topological polar surface area (TPSA) is 236 Å². The Bertz CT molecular complexity index is 43.1. The van der Waals surface area contributed by atoms with Crippen LogP contribution in [0, 0.1) is 29.4 Å². The Labute approximate surface area is 134 Å². The van der Waals surface area contributed by atoms with Gasteiger partial charge in [-0.3, -0.25) is 0 Å². The minimum Gasteiger partial charge on any atom is -1.00 e. The van der Waals surface area contributed by atoms with E-state index < -0.39 is 0 Å². The van der Waals surface area contributed by atoms with Crippen molar-refractivity contribution in [2.75, 3.05) is 0 Å². The van der Waals surface area contributed by atoms with Crippen LogP contribution >= 0.6 is 0 Å². The van der Waals surface area contributed by atoms with Gasteiger partial charge < -0.3 is 64.4 Å². The van der Waals surface area contributed by atoms with Crippen molar-refractivity contribution in [1.82, 2.24) is 0 Å². The van der Waals surface area contributed by atoms with Crippen molar-refractivity contribution in [1.29, 1.82) is 0 Å². The van der Waals surface area contributed by atoms with Gasteiger partial charge in [-0.2, -0.15) is 0 Å². The normalized spacial score (nSPS) is 1.71. The maximum Gasteiger partial charge on any atom is 1.00 e. The second kappa shape index (κ2) is 139000. The van der Waals surface area contributed by atoms with Gasteiger partial charge in [0.25, 0.3) is 0 Å². The largest absolute Gasteiger partial charge is 1.00 e. The van der Waals surface area contributed by atoms with E-state index in [1.54, 1.807) is 0 Å². The first kappa shape index (κ1) is 66.6. The second-order valence-corrected chi connectivity index (χ2v) is 0. The van der Waals surface area contributed by atoms with Gasteiger partial charge in [0.1, 0.15) is 0 Å². The van der Waals surface area contributed by atoms with Crippen molar-refractivity contribution in [2.45, 2.75) is 0 Å². The molecule has 12 nitrogen and oxygen atoms in total. The zero-order chi connectivity index (χ0) is 12.0. The van der Waals surface area contributed by atoms with Gasteiger partial charge in [0.15, 0.2) is 0 Å². The van der Waals surface area contributed by atoms with E-state index >= 15 is 0 Å². The maximum atomic E-state index is 7.25. The Balaban J connectivity index is -0.00000000396. The minimum absolute atomic E-state index is 0. The summed E-state index contributed by atoms with van der Waals surface area (Å²) in [6, 6.07) is 0. The standard InChI is InChI=1S/Ir.K.6NO.H/c;;6*1-2;/q;+1;7*-1. The molecule has 0 aromatic rings. The third-order valence-corrected chi connectivity index (χ3v) is 0. The Hall–Kier alpha value is -0.114. The van der Waals surface area contributed by atoms with E-state index in [0.717, 1.165) is 0 Å². The van der Waals surface area contributed by atoms with Gasteiger partial charge in [0.2, 0.25) is 0 Å². The number of hydrogen-bond donors (Lipinski definition) is 0. The molecule has 0 spiro atoms. The average molecular weight is 412 g/mol. The molecule has 0 bridgehead atoms. The molecule has 0 rings (SSSR count). The number of nitroso groups, excluding NO2 is 6. The molecule has 83 valence electrons. The van der Waals surface area contributed by atoms with Crippen LogP contribution in [0.2, 0.25) is 0 Å². The van der Waals surface area contributed by atoms with Crippen LogP contribution in [0.15, 0.2) is 0 Å². The van der Waals surface area contributed by atoms with Gasteiger partial charge in [0.05, 0.1) is 0 Å². The summed E-state index contributed by atoms with van der Waals surface area (Å²) in [5.74, 6) is 0. The first-order chi connectivity index (χ1) is 6.00. The van der Waals surface area contributed by atoms with Crippen molar-refractivity contribution in [2.24, 2.45) is 0 Å². The van der Waals surface area contributed by atoms with Crippen LogP contribution in [0.4, 0.5) is 0 Å². The zero-order valence-electron chi connectivity index (χ0n) is 7.47. The molecule has 0 atom stereocenters. The molecular formula is HIrKN6O6-6. The first-order valence-corrected chi connectivity index (χ1v) is 1.10. The first-order valence-electron chi connectivity index (χ1n) is 1.10. The summed E-state index contributed by atoms with van der Waals surface area (Å²) in [5, 5.41) is 0. The quantitative estimate of drug-likeness (QED) is 0.454. The number of hydrogen-bond acceptors (Lipinski definition) is 6. The van der Waals surface area contributed by atoms with Gasteiger partial charge >= 0.3 is 51.4 Å². The molecule has 1 radical (unpaired) electrons. The molecule has 0 aromatic heterocycles. The third kappa shape index (κ3) is 108000. The molecule has 0 heterocycles. The van der Waals surface area contributed by atoms with E-state index in [0.29, 0.717) is 0 Å². The fourth-order valence-corrected chi connectivity index (χ4v) is 0. The van der Waals surface area contributed by atoms with Gasteiger partial charge in [0, 0.05) is 20.1 Å². The summed E-state index contributed by atoms with van der Waals surface area (Å²) in [7, 11) is 0. The second-order valence-electron chi connectivity index (χ2n) is 0. The molecule has 0 aliphatic rings. The fourth-order valence-electron chi connectivity index (χ4n) is 0. The molecule has 0 N–H and O–H groups in total. The summed E-state index contributed by atoms with van der Waals surface area (Å²) in [6.45, 7) is 0. The summed E-state index contributed by atoms with van der Waals surface area (Å²) in [5.41, 5.74) is 34.5. The van der Waals surface area contributed by atoms with Crippen LogP contribution in [0.25, 0.3) is 33.6 Å². The van der Waals surface area contributed by atoms with Gasteiger partial charge in [-0.05, 0) is 0 Å². The maximum absolute atomic E-state index is 7.25. The predicted molar refractivity (Wildman–Crippen MR) is 41.5 cm³/mol. The molecule has 0 amide bonds. The summed E-state index contributed by atoms with van der Waals surface area (Å²) >= 11 is 0. The van der Waals surface area contributed by atoms with Crippen LogP contribution in [0.5, 0.6) is 0 Å². The molecular weight excluding hydrogens is 411 g/mol. The van der Waals surface area contributed by atoms with Gasteiger partial charge in [-0.1, -0.05) is 0 Å². The van der Waals surface area contributed by atoms with E-state index in [4.69, 9.17) is 63.0 Å². The smallest absolute Gasteiger partial charge is 1.00 e. The molecule has 14 heavy (non-hydrogen) atoms. The van der Waals surface area contributed by atoms with Crippen molar-refractivity contribution >= 4 is 0 Å². The minimum atomic E-state index is 0. The van der Waals surface area contributed by atoms with E-state index in [1.165, 1.54) is 0 Å². The number of nitrogens with zero attached hydrogens (tertiary/aromatic N) is 6. The molecule has 0 aromatic carbocycles. The predicted octanol–water partition coefficient (Wildman–Crippen LogP) is -0.953. The van der Waals surface area contributed by atoms with Gasteiger partial charge in [-0.25, -0.2) is 0 Å². The zero-order valence-corrected chi connectivity index (χ0v) is 12.0. The van der Waals surface area contributed by atoms with E-state index in [-0.39, 0.29) is 72.9 Å². The van der Waals surface area contributed by atoms with Crippen LogP contribution in [-0.2, 0) is 20.1 Å². The fraction of sp³-hybridized carbons (Fsp3) is 0. The third-order valence-electron chi connectivity index (χ3n) is 0. The monoisotopic (exact) mass is 413 g/mol. The Kier molecular flexibility index (Phi) is 663000. The average Bonchev–Trinajstić information content (AvgIpc) is 2.33. The Morgan fingerprint density at radius 1 is 0.429 bits per heavy atom. The number of rotatable bonds is 0. The molecule has 0 saturated carbocycles. The Morgan fingerprint density at radius 2 is 0.429 bits per heavy atom. The molecule has 0 aliphatic heterocycles. The molecule has 0 unspecified atom stereocenters. The van der Waals surface area contributed by atoms with Crippen LogP contribution in [0.1, 0.15) is 1.43 Å². The van der Waals surface area contributed by atoms with Crippen molar-refractivity contribution in [3.63, 3.8) is 0 Å². The molecule has 0 saturated heterocycles. The molecule has 14 heteroatoms. The Morgan fingerprint density at radius 3 is 0.429 bits per heavy atom. The summed E-state index contributed by atoms with van der Waals surface area (Å²) < 4.78 is 0. The van der Waals surface area contributed by atoms with E-state index in [2.05, 4.69) is 0 Å². The van der Waals surface area contributed by atoms with E-state index in [9.17, 15) is 0 Å². The van der Waals surface area contributed by atoms with Crippen LogP contribution in [0.3, 0.4) is 0 Å². The van der Waals surface area contributed by atoms with Crippen molar-refractivity contribution in [3.05, 3.63) is 63.0 Å². The van der Waals surface area contributed by atoms with Gasteiger partial charge in [-0.15, -0.1) is 0 Å². The summed E-state index contributed by atoms with van der Waals surface area (Å²) in [4.78, 5) is 43.5.